The SMILES string of the molecule is CN(C)C(=O)c1ccccc1-c1ccc(N2CCC(N)C2=O)nc1. The van der Waals surface area contributed by atoms with Crippen molar-refractivity contribution in [2.75, 3.05) is 25.5 Å². The highest BCUT2D eigenvalue weighted by atomic mass is 16.2. The number of hydrogen-bond acceptors (Lipinski definition) is 4. The lowest BCUT2D eigenvalue weighted by atomic mass is 10.0. The molecule has 6 heteroatoms. The zero-order valence-corrected chi connectivity index (χ0v) is 13.8. The highest BCUT2D eigenvalue weighted by molar-refractivity contribution is 6.01. The van der Waals surface area contributed by atoms with Crippen molar-refractivity contribution >= 4 is 17.6 Å². The fraction of sp³-hybridized carbons (Fsp3) is 0.278. The van der Waals surface area contributed by atoms with Crippen LogP contribution in [0.4, 0.5) is 5.82 Å². The Morgan fingerprint density at radius 3 is 2.58 bits per heavy atom. The van der Waals surface area contributed by atoms with Crippen molar-refractivity contribution in [3.8, 4) is 11.1 Å². The lowest BCUT2D eigenvalue weighted by molar-refractivity contribution is -0.118. The molecule has 1 aliphatic heterocycles. The van der Waals surface area contributed by atoms with Crippen LogP contribution in [0.25, 0.3) is 11.1 Å². The Bertz CT molecular complexity index is 771. The predicted molar refractivity (Wildman–Crippen MR) is 92.6 cm³/mol. The second-order valence-electron chi connectivity index (χ2n) is 6.04. The Morgan fingerprint density at radius 2 is 2.00 bits per heavy atom. The summed E-state index contributed by atoms with van der Waals surface area (Å²) in [6.07, 6.45) is 2.33. The number of nitrogens with zero attached hydrogens (tertiary/aromatic N) is 3. The van der Waals surface area contributed by atoms with Gasteiger partial charge in [0.05, 0.1) is 6.04 Å². The number of rotatable bonds is 3. The highest BCUT2D eigenvalue weighted by Gasteiger charge is 2.30. The fourth-order valence-corrected chi connectivity index (χ4v) is 2.80. The highest BCUT2D eigenvalue weighted by Crippen LogP contribution is 2.26. The summed E-state index contributed by atoms with van der Waals surface area (Å²) in [5.41, 5.74) is 8.02. The molecule has 6 nitrogen and oxygen atoms in total. The molecule has 1 saturated heterocycles. The summed E-state index contributed by atoms with van der Waals surface area (Å²) in [4.78, 5) is 31.9. The third-order valence-electron chi connectivity index (χ3n) is 4.15. The summed E-state index contributed by atoms with van der Waals surface area (Å²) < 4.78 is 0. The number of nitrogens with two attached hydrogens (primary N) is 1. The van der Waals surface area contributed by atoms with Crippen molar-refractivity contribution < 1.29 is 9.59 Å². The van der Waals surface area contributed by atoms with Crippen LogP contribution >= 0.6 is 0 Å². The van der Waals surface area contributed by atoms with E-state index in [1.807, 2.05) is 24.3 Å². The average Bonchev–Trinajstić information content (AvgIpc) is 2.93. The van der Waals surface area contributed by atoms with Gasteiger partial charge in [-0.15, -0.1) is 0 Å². The first-order valence-corrected chi connectivity index (χ1v) is 7.83. The van der Waals surface area contributed by atoms with Gasteiger partial charge in [0.25, 0.3) is 5.91 Å². The maximum Gasteiger partial charge on any atom is 0.253 e. The van der Waals surface area contributed by atoms with E-state index in [-0.39, 0.29) is 11.8 Å². The van der Waals surface area contributed by atoms with E-state index in [4.69, 9.17) is 5.73 Å². The van der Waals surface area contributed by atoms with E-state index < -0.39 is 6.04 Å². The largest absolute Gasteiger partial charge is 0.345 e. The first-order chi connectivity index (χ1) is 11.5. The number of anilines is 1. The van der Waals surface area contributed by atoms with Crippen molar-refractivity contribution in [2.45, 2.75) is 12.5 Å². The summed E-state index contributed by atoms with van der Waals surface area (Å²) in [5.74, 6) is 0.432. The molecular formula is C18H20N4O2. The van der Waals surface area contributed by atoms with Gasteiger partial charge in [-0.2, -0.15) is 0 Å². The van der Waals surface area contributed by atoms with Gasteiger partial charge in [-0.3, -0.25) is 14.5 Å². The molecule has 2 heterocycles. The van der Waals surface area contributed by atoms with Gasteiger partial charge < -0.3 is 10.6 Å². The third-order valence-corrected chi connectivity index (χ3v) is 4.15. The van der Waals surface area contributed by atoms with Crippen molar-refractivity contribution in [1.29, 1.82) is 0 Å². The average molecular weight is 324 g/mol. The van der Waals surface area contributed by atoms with Crippen LogP contribution in [-0.2, 0) is 4.79 Å². The molecule has 0 radical (unpaired) electrons. The number of amides is 2. The molecule has 1 unspecified atom stereocenters. The van der Waals surface area contributed by atoms with Gasteiger partial charge in [-0.25, -0.2) is 4.98 Å². The topological polar surface area (TPSA) is 79.5 Å². The normalized spacial score (nSPS) is 17.2. The van der Waals surface area contributed by atoms with Crippen LogP contribution in [0.1, 0.15) is 16.8 Å². The molecule has 1 atom stereocenters. The molecule has 2 N–H and O–H groups in total. The zero-order chi connectivity index (χ0) is 17.3. The van der Waals surface area contributed by atoms with Gasteiger partial charge in [0.2, 0.25) is 5.91 Å². The lowest BCUT2D eigenvalue weighted by Gasteiger charge is -2.16. The van der Waals surface area contributed by atoms with E-state index in [1.165, 1.54) is 0 Å². The minimum Gasteiger partial charge on any atom is -0.345 e. The number of pyridine rings is 1. The zero-order valence-electron chi connectivity index (χ0n) is 13.8. The molecule has 1 aromatic carbocycles. The van der Waals surface area contributed by atoms with E-state index in [9.17, 15) is 9.59 Å². The van der Waals surface area contributed by atoms with E-state index in [0.717, 1.165) is 11.1 Å². The smallest absolute Gasteiger partial charge is 0.253 e. The van der Waals surface area contributed by atoms with Crippen LogP contribution in [0, 0.1) is 0 Å². The van der Waals surface area contributed by atoms with Crippen molar-refractivity contribution in [3.63, 3.8) is 0 Å². The van der Waals surface area contributed by atoms with Crippen molar-refractivity contribution in [2.24, 2.45) is 5.73 Å². The van der Waals surface area contributed by atoms with Crippen LogP contribution in [0.5, 0.6) is 0 Å². The van der Waals surface area contributed by atoms with Gasteiger partial charge in [0.15, 0.2) is 0 Å². The number of carbonyl (C=O) groups excluding carboxylic acids is 2. The lowest BCUT2D eigenvalue weighted by Crippen LogP contribution is -2.34. The Morgan fingerprint density at radius 1 is 1.25 bits per heavy atom. The number of benzene rings is 1. The first kappa shape index (κ1) is 16.1. The number of carbonyl (C=O) groups is 2. The van der Waals surface area contributed by atoms with E-state index in [2.05, 4.69) is 4.98 Å². The van der Waals surface area contributed by atoms with Crippen LogP contribution < -0.4 is 10.6 Å². The quantitative estimate of drug-likeness (QED) is 0.928. The van der Waals surface area contributed by atoms with Crippen molar-refractivity contribution in [1.82, 2.24) is 9.88 Å². The molecule has 2 amide bonds. The molecule has 0 aliphatic carbocycles. The van der Waals surface area contributed by atoms with E-state index >= 15 is 0 Å². The monoisotopic (exact) mass is 324 g/mol. The molecule has 1 aromatic heterocycles. The molecule has 1 fully saturated rings. The van der Waals surface area contributed by atoms with Crippen LogP contribution in [0.2, 0.25) is 0 Å². The summed E-state index contributed by atoms with van der Waals surface area (Å²) in [7, 11) is 3.45. The fourth-order valence-electron chi connectivity index (χ4n) is 2.80. The Labute approximate surface area is 140 Å². The van der Waals surface area contributed by atoms with Gasteiger partial charge in [-0.1, -0.05) is 18.2 Å². The van der Waals surface area contributed by atoms with Crippen LogP contribution in [0.3, 0.4) is 0 Å². The van der Waals surface area contributed by atoms with Crippen LogP contribution in [0.15, 0.2) is 42.6 Å². The molecule has 24 heavy (non-hydrogen) atoms. The maximum absolute atomic E-state index is 12.3. The van der Waals surface area contributed by atoms with Crippen molar-refractivity contribution in [3.05, 3.63) is 48.2 Å². The van der Waals surface area contributed by atoms with Gasteiger partial charge in [0, 0.05) is 38.0 Å². The molecule has 2 aromatic rings. The Hall–Kier alpha value is -2.73. The maximum atomic E-state index is 12.3. The molecule has 0 bridgehead atoms. The number of aromatic nitrogens is 1. The number of hydrogen-bond donors (Lipinski definition) is 1. The van der Waals surface area contributed by atoms with Gasteiger partial charge in [-0.05, 0) is 30.2 Å². The predicted octanol–water partition coefficient (Wildman–Crippen LogP) is 1.51. The van der Waals surface area contributed by atoms with E-state index in [0.29, 0.717) is 24.3 Å². The molecule has 0 spiro atoms. The molecule has 1 aliphatic rings. The minimum atomic E-state index is -0.440. The Balaban J connectivity index is 1.92. The summed E-state index contributed by atoms with van der Waals surface area (Å²) in [6.45, 7) is 0.585. The summed E-state index contributed by atoms with van der Waals surface area (Å²) in [5, 5.41) is 0. The standard InChI is InChI=1S/C18H20N4O2/c1-21(2)17(23)14-6-4-3-5-13(14)12-7-8-16(20-11-12)22-10-9-15(19)18(22)24/h3-8,11,15H,9-10,19H2,1-2H3. The first-order valence-electron chi connectivity index (χ1n) is 7.83. The van der Waals surface area contributed by atoms with Gasteiger partial charge in [0.1, 0.15) is 5.82 Å². The molecular weight excluding hydrogens is 304 g/mol. The summed E-state index contributed by atoms with van der Waals surface area (Å²) >= 11 is 0. The summed E-state index contributed by atoms with van der Waals surface area (Å²) in [6, 6.07) is 10.7. The van der Waals surface area contributed by atoms with E-state index in [1.54, 1.807) is 42.2 Å². The minimum absolute atomic E-state index is 0.0598. The molecule has 0 saturated carbocycles. The van der Waals surface area contributed by atoms with Gasteiger partial charge >= 0.3 is 0 Å². The molecule has 3 rings (SSSR count). The third kappa shape index (κ3) is 2.88. The molecule has 124 valence electrons. The van der Waals surface area contributed by atoms with Crippen LogP contribution in [-0.4, -0.2) is 48.4 Å². The Kier molecular flexibility index (Phi) is 4.31. The second kappa shape index (κ2) is 6.41. The second-order valence-corrected chi connectivity index (χ2v) is 6.04.